The van der Waals surface area contributed by atoms with Crippen molar-refractivity contribution in [1.82, 2.24) is 14.5 Å². The SMILES string of the molecule is CS(=O)(=O)c1ncc2cc(C(F)F)c(=O)n(C3CCCC34CC4)c2n1. The summed E-state index contributed by atoms with van der Waals surface area (Å²) in [5.41, 5.74) is -1.28. The van der Waals surface area contributed by atoms with Gasteiger partial charge in [0, 0.05) is 23.9 Å². The number of hydrogen-bond acceptors (Lipinski definition) is 5. The molecular formula is C16H17F2N3O3S. The average molecular weight is 369 g/mol. The monoisotopic (exact) mass is 369 g/mol. The predicted molar refractivity (Wildman–Crippen MR) is 86.4 cm³/mol. The molecule has 2 aromatic heterocycles. The van der Waals surface area contributed by atoms with Gasteiger partial charge in [0.05, 0.1) is 5.56 Å². The first-order chi connectivity index (χ1) is 11.7. The molecule has 1 atom stereocenters. The summed E-state index contributed by atoms with van der Waals surface area (Å²) in [5.74, 6) is 0. The van der Waals surface area contributed by atoms with Gasteiger partial charge in [-0.2, -0.15) is 4.98 Å². The van der Waals surface area contributed by atoms with Crippen LogP contribution in [0.1, 0.15) is 50.1 Å². The third-order valence-electron chi connectivity index (χ3n) is 5.41. The Balaban J connectivity index is 2.05. The van der Waals surface area contributed by atoms with Crippen LogP contribution in [0.2, 0.25) is 0 Å². The number of sulfone groups is 1. The number of halogens is 2. The summed E-state index contributed by atoms with van der Waals surface area (Å²) in [7, 11) is -3.67. The highest BCUT2D eigenvalue weighted by atomic mass is 32.2. The van der Waals surface area contributed by atoms with Crippen LogP contribution in [0.5, 0.6) is 0 Å². The van der Waals surface area contributed by atoms with Crippen molar-refractivity contribution < 1.29 is 17.2 Å². The zero-order valence-electron chi connectivity index (χ0n) is 13.6. The van der Waals surface area contributed by atoms with Gasteiger partial charge in [-0.25, -0.2) is 22.2 Å². The van der Waals surface area contributed by atoms with E-state index in [-0.39, 0.29) is 22.5 Å². The lowest BCUT2D eigenvalue weighted by Crippen LogP contribution is -2.31. The van der Waals surface area contributed by atoms with Crippen LogP contribution in [0.4, 0.5) is 8.78 Å². The molecule has 0 N–H and O–H groups in total. The molecule has 4 rings (SSSR count). The Kier molecular flexibility index (Phi) is 3.51. The first-order valence-corrected chi connectivity index (χ1v) is 10.0. The van der Waals surface area contributed by atoms with E-state index in [9.17, 15) is 22.0 Å². The number of rotatable bonds is 3. The van der Waals surface area contributed by atoms with Gasteiger partial charge in [0.1, 0.15) is 5.65 Å². The van der Waals surface area contributed by atoms with Gasteiger partial charge < -0.3 is 0 Å². The van der Waals surface area contributed by atoms with Crippen LogP contribution in [0, 0.1) is 5.41 Å². The maximum Gasteiger partial charge on any atom is 0.269 e. The van der Waals surface area contributed by atoms with Gasteiger partial charge >= 0.3 is 0 Å². The maximum atomic E-state index is 13.3. The largest absolute Gasteiger partial charge is 0.288 e. The number of hydrogen-bond donors (Lipinski definition) is 0. The van der Waals surface area contributed by atoms with E-state index in [4.69, 9.17) is 0 Å². The molecule has 0 aromatic carbocycles. The van der Waals surface area contributed by atoms with E-state index >= 15 is 0 Å². The molecule has 0 aliphatic heterocycles. The van der Waals surface area contributed by atoms with Crippen molar-refractivity contribution in [3.63, 3.8) is 0 Å². The molecule has 2 aromatic rings. The second-order valence-electron chi connectivity index (χ2n) is 7.05. The minimum absolute atomic E-state index is 0.0340. The molecule has 0 saturated heterocycles. The molecule has 2 fully saturated rings. The summed E-state index contributed by atoms with van der Waals surface area (Å²) < 4.78 is 51.6. The van der Waals surface area contributed by atoms with Crippen molar-refractivity contribution in [3.8, 4) is 0 Å². The van der Waals surface area contributed by atoms with E-state index in [1.54, 1.807) is 0 Å². The van der Waals surface area contributed by atoms with Crippen LogP contribution in [0.25, 0.3) is 11.0 Å². The second-order valence-corrected chi connectivity index (χ2v) is 8.96. The summed E-state index contributed by atoms with van der Waals surface area (Å²) in [6.07, 6.45) is 3.75. The minimum Gasteiger partial charge on any atom is -0.288 e. The smallest absolute Gasteiger partial charge is 0.269 e. The minimum atomic E-state index is -3.67. The molecule has 2 saturated carbocycles. The standard InChI is InChI=1S/C16H17F2N3O3S/c1-25(23,24)15-19-8-9-7-10(12(17)18)14(22)21(13(9)20-15)11-3-2-4-16(11)5-6-16/h7-8,11-12H,2-6H2,1H3. The first kappa shape index (κ1) is 16.6. The van der Waals surface area contributed by atoms with Gasteiger partial charge in [-0.3, -0.25) is 9.36 Å². The highest BCUT2D eigenvalue weighted by Crippen LogP contribution is 2.63. The highest BCUT2D eigenvalue weighted by Gasteiger charge is 2.53. The van der Waals surface area contributed by atoms with Gasteiger partial charge in [-0.05, 0) is 37.2 Å². The molecule has 2 aliphatic rings. The Bertz CT molecular complexity index is 1030. The zero-order valence-corrected chi connectivity index (χ0v) is 14.4. The fraction of sp³-hybridized carbons (Fsp3) is 0.562. The lowest BCUT2D eigenvalue weighted by Gasteiger charge is -2.23. The summed E-state index contributed by atoms with van der Waals surface area (Å²) in [4.78, 5) is 20.6. The molecule has 134 valence electrons. The molecule has 0 radical (unpaired) electrons. The Morgan fingerprint density at radius 3 is 2.64 bits per heavy atom. The van der Waals surface area contributed by atoms with Crippen LogP contribution >= 0.6 is 0 Å². The number of pyridine rings is 1. The summed E-state index contributed by atoms with van der Waals surface area (Å²) in [6, 6.07) is 0.850. The number of nitrogens with zero attached hydrogens (tertiary/aromatic N) is 3. The molecule has 9 heteroatoms. The Morgan fingerprint density at radius 2 is 2.04 bits per heavy atom. The van der Waals surface area contributed by atoms with Gasteiger partial charge in [0.25, 0.3) is 12.0 Å². The lowest BCUT2D eigenvalue weighted by atomic mass is 9.99. The Morgan fingerprint density at radius 1 is 1.32 bits per heavy atom. The fourth-order valence-electron chi connectivity index (χ4n) is 4.02. The molecule has 2 heterocycles. The first-order valence-electron chi connectivity index (χ1n) is 8.13. The molecule has 1 spiro atoms. The predicted octanol–water partition coefficient (Wildman–Crippen LogP) is 2.64. The van der Waals surface area contributed by atoms with Crippen molar-refractivity contribution in [2.45, 2.75) is 49.7 Å². The Labute approximate surface area is 142 Å². The molecule has 0 bridgehead atoms. The van der Waals surface area contributed by atoms with Gasteiger partial charge in [-0.1, -0.05) is 6.42 Å². The molecule has 0 amide bonds. The molecule has 25 heavy (non-hydrogen) atoms. The lowest BCUT2D eigenvalue weighted by molar-refractivity contribution is 0.148. The normalized spacial score (nSPS) is 22.2. The number of fused-ring (bicyclic) bond motifs is 1. The topological polar surface area (TPSA) is 81.9 Å². The molecular weight excluding hydrogens is 352 g/mol. The summed E-state index contributed by atoms with van der Waals surface area (Å²) in [6.45, 7) is 0. The molecule has 2 aliphatic carbocycles. The molecule has 1 unspecified atom stereocenters. The highest BCUT2D eigenvalue weighted by molar-refractivity contribution is 7.90. The van der Waals surface area contributed by atoms with Crippen LogP contribution in [0.15, 0.2) is 22.2 Å². The average Bonchev–Trinajstić information content (AvgIpc) is 3.19. The van der Waals surface area contributed by atoms with Gasteiger partial charge in [-0.15, -0.1) is 0 Å². The van der Waals surface area contributed by atoms with E-state index < -0.39 is 32.5 Å². The number of aromatic nitrogens is 3. The van der Waals surface area contributed by atoms with E-state index in [0.29, 0.717) is 6.42 Å². The van der Waals surface area contributed by atoms with E-state index in [1.165, 1.54) is 10.8 Å². The van der Waals surface area contributed by atoms with Crippen molar-refractivity contribution in [2.24, 2.45) is 5.41 Å². The third kappa shape index (κ3) is 2.56. The van der Waals surface area contributed by atoms with Crippen LogP contribution in [-0.4, -0.2) is 29.2 Å². The van der Waals surface area contributed by atoms with Crippen molar-refractivity contribution in [2.75, 3.05) is 6.26 Å². The van der Waals surface area contributed by atoms with Crippen LogP contribution in [-0.2, 0) is 9.84 Å². The Hall–Kier alpha value is -1.90. The summed E-state index contributed by atoms with van der Waals surface area (Å²) >= 11 is 0. The van der Waals surface area contributed by atoms with Crippen molar-refractivity contribution in [1.29, 1.82) is 0 Å². The van der Waals surface area contributed by atoms with E-state index in [0.717, 1.165) is 38.0 Å². The van der Waals surface area contributed by atoms with Crippen molar-refractivity contribution in [3.05, 3.63) is 28.2 Å². The molecule has 6 nitrogen and oxygen atoms in total. The van der Waals surface area contributed by atoms with Gasteiger partial charge in [0.2, 0.25) is 15.0 Å². The third-order valence-corrected chi connectivity index (χ3v) is 6.27. The maximum absolute atomic E-state index is 13.3. The van der Waals surface area contributed by atoms with Crippen LogP contribution < -0.4 is 5.56 Å². The quantitative estimate of drug-likeness (QED) is 0.777. The van der Waals surface area contributed by atoms with E-state index in [2.05, 4.69) is 9.97 Å². The van der Waals surface area contributed by atoms with E-state index in [1.807, 2.05) is 0 Å². The fourth-order valence-corrected chi connectivity index (χ4v) is 4.51. The van der Waals surface area contributed by atoms with Crippen molar-refractivity contribution >= 4 is 20.9 Å². The summed E-state index contributed by atoms with van der Waals surface area (Å²) in [5, 5.41) is -0.147. The number of alkyl halides is 2. The zero-order chi connectivity index (χ0) is 18.0. The van der Waals surface area contributed by atoms with Gasteiger partial charge in [0.15, 0.2) is 0 Å². The van der Waals surface area contributed by atoms with Crippen LogP contribution in [0.3, 0.4) is 0 Å². The second kappa shape index (κ2) is 5.30.